The van der Waals surface area contributed by atoms with Crippen LogP contribution in [-0.4, -0.2) is 20.7 Å². The first-order chi connectivity index (χ1) is 15.0. The van der Waals surface area contributed by atoms with Gasteiger partial charge in [-0.1, -0.05) is 23.7 Å². The van der Waals surface area contributed by atoms with Gasteiger partial charge in [0.15, 0.2) is 0 Å². The minimum absolute atomic E-state index is 0.0600. The molecule has 31 heavy (non-hydrogen) atoms. The number of halogens is 2. The zero-order valence-corrected chi connectivity index (χ0v) is 18.1. The smallest absolute Gasteiger partial charge is 0.256 e. The van der Waals surface area contributed by atoms with Crippen LogP contribution in [0.2, 0.25) is 5.02 Å². The number of nitrogens with zero attached hydrogens (tertiary/aromatic N) is 3. The average Bonchev–Trinajstić information content (AvgIpc) is 3.38. The number of aromatic nitrogens is 3. The third kappa shape index (κ3) is 5.28. The number of ether oxygens (including phenoxy) is 1. The van der Waals surface area contributed by atoms with Crippen LogP contribution >= 0.6 is 22.9 Å². The van der Waals surface area contributed by atoms with Crippen LogP contribution in [0.5, 0.6) is 5.75 Å². The molecule has 4 rings (SSSR count). The Kier molecular flexibility index (Phi) is 6.29. The van der Waals surface area contributed by atoms with E-state index in [4.69, 9.17) is 16.3 Å². The molecule has 0 saturated carbocycles. The molecule has 0 unspecified atom stereocenters. The minimum Gasteiger partial charge on any atom is -0.487 e. The second-order valence-electron chi connectivity index (χ2n) is 6.75. The third-order valence-electron chi connectivity index (χ3n) is 4.42. The maximum absolute atomic E-state index is 13.7. The van der Waals surface area contributed by atoms with E-state index in [-0.39, 0.29) is 17.5 Å². The van der Waals surface area contributed by atoms with Gasteiger partial charge < -0.3 is 10.1 Å². The van der Waals surface area contributed by atoms with Gasteiger partial charge in [-0.25, -0.2) is 14.1 Å². The first-order valence-electron chi connectivity index (χ1n) is 9.39. The van der Waals surface area contributed by atoms with Crippen LogP contribution in [0.3, 0.4) is 0 Å². The Morgan fingerprint density at radius 2 is 2.13 bits per heavy atom. The lowest BCUT2D eigenvalue weighted by molar-refractivity contribution is 0.102. The third-order valence-corrected chi connectivity index (χ3v) is 5.55. The van der Waals surface area contributed by atoms with E-state index in [0.717, 1.165) is 10.7 Å². The Balaban J connectivity index is 1.43. The summed E-state index contributed by atoms with van der Waals surface area (Å²) in [7, 11) is 0. The number of amides is 1. The number of anilines is 1. The minimum atomic E-state index is -0.499. The number of hydrogen-bond acceptors (Lipinski definition) is 5. The van der Waals surface area contributed by atoms with Crippen molar-refractivity contribution in [3.05, 3.63) is 92.8 Å². The van der Waals surface area contributed by atoms with Crippen LogP contribution < -0.4 is 10.1 Å². The van der Waals surface area contributed by atoms with Gasteiger partial charge in [0.05, 0.1) is 28.5 Å². The summed E-state index contributed by atoms with van der Waals surface area (Å²) >= 11 is 7.30. The fourth-order valence-electron chi connectivity index (χ4n) is 2.92. The Hall–Kier alpha value is -3.23. The number of aryl methyl sites for hydroxylation is 1. The standard InChI is InChI=1S/C22H18ClFN4O2S/c1-14-26-17(13-31-14)12-30-18-4-2-3-16(10-18)22(29)27-21-7-8-25-28(21)11-15-5-6-19(23)20(24)9-15/h2-10,13H,11-12H2,1H3,(H,27,29). The Bertz CT molecular complexity index is 1220. The van der Waals surface area contributed by atoms with Crippen molar-refractivity contribution in [2.45, 2.75) is 20.1 Å². The van der Waals surface area contributed by atoms with Gasteiger partial charge >= 0.3 is 0 Å². The molecule has 0 aliphatic heterocycles. The average molecular weight is 457 g/mol. The van der Waals surface area contributed by atoms with E-state index in [1.807, 2.05) is 12.3 Å². The molecule has 0 fully saturated rings. The maximum Gasteiger partial charge on any atom is 0.256 e. The van der Waals surface area contributed by atoms with Crippen molar-refractivity contribution >= 4 is 34.7 Å². The quantitative estimate of drug-likeness (QED) is 0.408. The second kappa shape index (κ2) is 9.28. The van der Waals surface area contributed by atoms with Crippen LogP contribution in [0.25, 0.3) is 0 Å². The highest BCUT2D eigenvalue weighted by atomic mass is 35.5. The van der Waals surface area contributed by atoms with E-state index < -0.39 is 5.82 Å². The summed E-state index contributed by atoms with van der Waals surface area (Å²) in [6.45, 7) is 2.56. The number of thiazole rings is 1. The molecule has 0 saturated heterocycles. The van der Waals surface area contributed by atoms with Crippen molar-refractivity contribution in [2.75, 3.05) is 5.32 Å². The molecule has 0 spiro atoms. The lowest BCUT2D eigenvalue weighted by Gasteiger charge is -2.11. The molecule has 0 aliphatic rings. The van der Waals surface area contributed by atoms with Gasteiger partial charge in [0.1, 0.15) is 24.0 Å². The van der Waals surface area contributed by atoms with Crippen molar-refractivity contribution in [2.24, 2.45) is 0 Å². The molecule has 2 aromatic carbocycles. The lowest BCUT2D eigenvalue weighted by atomic mass is 10.2. The summed E-state index contributed by atoms with van der Waals surface area (Å²) in [4.78, 5) is 17.1. The Morgan fingerprint density at radius 3 is 2.90 bits per heavy atom. The molecule has 4 aromatic rings. The number of benzene rings is 2. The van der Waals surface area contributed by atoms with Gasteiger partial charge in [0, 0.05) is 17.0 Å². The summed E-state index contributed by atoms with van der Waals surface area (Å²) in [6, 6.07) is 13.1. The molecular weight excluding hydrogens is 439 g/mol. The molecular formula is C22H18ClFN4O2S. The molecule has 9 heteroatoms. The molecule has 0 aliphatic carbocycles. The summed E-state index contributed by atoms with van der Waals surface area (Å²) in [5.74, 6) is 0.258. The summed E-state index contributed by atoms with van der Waals surface area (Å²) in [6.07, 6.45) is 1.57. The Labute approximate surface area is 187 Å². The van der Waals surface area contributed by atoms with Crippen molar-refractivity contribution in [1.29, 1.82) is 0 Å². The normalized spacial score (nSPS) is 10.8. The molecule has 0 atom stereocenters. The summed E-state index contributed by atoms with van der Waals surface area (Å²) in [5, 5.41) is 10.0. The maximum atomic E-state index is 13.7. The fraction of sp³-hybridized carbons (Fsp3) is 0.136. The molecule has 0 radical (unpaired) electrons. The molecule has 2 heterocycles. The highest BCUT2D eigenvalue weighted by Gasteiger charge is 2.12. The number of nitrogens with one attached hydrogen (secondary N) is 1. The molecule has 2 aromatic heterocycles. The van der Waals surface area contributed by atoms with Gasteiger partial charge in [0.25, 0.3) is 5.91 Å². The van der Waals surface area contributed by atoms with Crippen LogP contribution in [0.4, 0.5) is 10.2 Å². The predicted molar refractivity (Wildman–Crippen MR) is 118 cm³/mol. The number of carbonyl (C=O) groups excluding carboxylic acids is 1. The molecule has 158 valence electrons. The summed E-state index contributed by atoms with van der Waals surface area (Å²) < 4.78 is 21.0. The van der Waals surface area contributed by atoms with E-state index in [0.29, 0.717) is 29.3 Å². The fourth-order valence-corrected chi connectivity index (χ4v) is 3.64. The molecule has 1 N–H and O–H groups in total. The van der Waals surface area contributed by atoms with Crippen molar-refractivity contribution < 1.29 is 13.9 Å². The van der Waals surface area contributed by atoms with Crippen LogP contribution in [0, 0.1) is 12.7 Å². The van der Waals surface area contributed by atoms with Gasteiger partial charge in [-0.15, -0.1) is 11.3 Å². The molecule has 6 nitrogen and oxygen atoms in total. The number of hydrogen-bond donors (Lipinski definition) is 1. The van der Waals surface area contributed by atoms with E-state index in [9.17, 15) is 9.18 Å². The molecule has 1 amide bonds. The molecule has 0 bridgehead atoms. The Morgan fingerprint density at radius 1 is 1.26 bits per heavy atom. The first-order valence-corrected chi connectivity index (χ1v) is 10.6. The van der Waals surface area contributed by atoms with E-state index >= 15 is 0 Å². The van der Waals surface area contributed by atoms with Gasteiger partial charge in [0.2, 0.25) is 0 Å². The highest BCUT2D eigenvalue weighted by molar-refractivity contribution is 7.09. The number of rotatable bonds is 7. The van der Waals surface area contributed by atoms with Gasteiger partial charge in [-0.05, 0) is 42.8 Å². The van der Waals surface area contributed by atoms with Crippen LogP contribution in [0.1, 0.15) is 26.6 Å². The van der Waals surface area contributed by atoms with Crippen molar-refractivity contribution in [1.82, 2.24) is 14.8 Å². The predicted octanol–water partition coefficient (Wildman–Crippen LogP) is 5.32. The van der Waals surface area contributed by atoms with Gasteiger partial charge in [-0.2, -0.15) is 5.10 Å². The zero-order valence-electron chi connectivity index (χ0n) is 16.5. The SMILES string of the molecule is Cc1nc(COc2cccc(C(=O)Nc3ccnn3Cc3ccc(Cl)c(F)c3)c2)cs1. The van der Waals surface area contributed by atoms with Gasteiger partial charge in [-0.3, -0.25) is 4.79 Å². The van der Waals surface area contributed by atoms with E-state index in [2.05, 4.69) is 15.4 Å². The monoisotopic (exact) mass is 456 g/mol. The second-order valence-corrected chi connectivity index (χ2v) is 8.22. The highest BCUT2D eigenvalue weighted by Crippen LogP contribution is 2.20. The number of carbonyl (C=O) groups is 1. The topological polar surface area (TPSA) is 69.0 Å². The van der Waals surface area contributed by atoms with E-state index in [1.165, 1.54) is 12.1 Å². The zero-order chi connectivity index (χ0) is 21.8. The van der Waals surface area contributed by atoms with Crippen LogP contribution in [-0.2, 0) is 13.2 Å². The van der Waals surface area contributed by atoms with Crippen molar-refractivity contribution in [3.63, 3.8) is 0 Å². The largest absolute Gasteiger partial charge is 0.487 e. The summed E-state index contributed by atoms with van der Waals surface area (Å²) in [5.41, 5.74) is 1.96. The first kappa shape index (κ1) is 21.0. The van der Waals surface area contributed by atoms with Crippen molar-refractivity contribution in [3.8, 4) is 5.75 Å². The lowest BCUT2D eigenvalue weighted by Crippen LogP contribution is -2.16. The van der Waals surface area contributed by atoms with E-state index in [1.54, 1.807) is 58.6 Å². The van der Waals surface area contributed by atoms with Crippen LogP contribution in [0.15, 0.2) is 60.1 Å².